The Morgan fingerprint density at radius 2 is 2.10 bits per heavy atom. The Balaban J connectivity index is 0.00000161. The summed E-state index contributed by atoms with van der Waals surface area (Å²) >= 11 is 1.52. The van der Waals surface area contributed by atoms with Gasteiger partial charge in [0, 0.05) is 23.5 Å². The Morgan fingerprint density at radius 3 is 2.71 bits per heavy atom. The zero-order valence-electron chi connectivity index (χ0n) is 11.0. The van der Waals surface area contributed by atoms with Gasteiger partial charge >= 0.3 is 5.97 Å². The molecule has 2 aliphatic rings. The number of β-lactam (4-membered cyclic amide) rings is 1. The Bertz CT molecular complexity index is 608. The molecule has 6 nitrogen and oxygen atoms in total. The summed E-state index contributed by atoms with van der Waals surface area (Å²) in [6.07, 6.45) is 3.74. The number of carboxylic acids is 1. The van der Waals surface area contributed by atoms with Crippen molar-refractivity contribution in [3.63, 3.8) is 0 Å². The maximum atomic E-state index is 11.8. The molecule has 0 saturated carbocycles. The second-order valence-electron chi connectivity index (χ2n) is 4.74. The fraction of sp³-hybridized carbons (Fsp3) is 0.308. The molecule has 2 atom stereocenters. The Labute approximate surface area is 132 Å². The third-order valence-electron chi connectivity index (χ3n) is 3.44. The maximum Gasteiger partial charge on any atom is 0.352 e. The summed E-state index contributed by atoms with van der Waals surface area (Å²) in [5, 5.41) is 9.16. The SMILES string of the molecule is NC1C(=O)N2C(C(=O)O)=C(C[n+]3ccccc3)CS[C@H]12.[Cl-]. The number of amides is 1. The van der Waals surface area contributed by atoms with Gasteiger partial charge in [-0.1, -0.05) is 6.07 Å². The average Bonchev–Trinajstić information content (AvgIpc) is 2.46. The number of halogens is 1. The van der Waals surface area contributed by atoms with Gasteiger partial charge in [0.05, 0.1) is 0 Å². The molecule has 1 aromatic rings. The minimum Gasteiger partial charge on any atom is -1.00 e. The van der Waals surface area contributed by atoms with Crippen LogP contribution in [0.25, 0.3) is 0 Å². The Kier molecular flexibility index (Phi) is 4.55. The number of nitrogens with zero attached hydrogens (tertiary/aromatic N) is 2. The second kappa shape index (κ2) is 6.05. The quantitative estimate of drug-likeness (QED) is 0.445. The first-order valence-corrected chi connectivity index (χ1v) is 7.24. The highest BCUT2D eigenvalue weighted by atomic mass is 35.5. The Hall–Kier alpha value is -1.57. The molecule has 3 heterocycles. The third kappa shape index (κ3) is 2.64. The van der Waals surface area contributed by atoms with Gasteiger partial charge < -0.3 is 23.2 Å². The van der Waals surface area contributed by atoms with E-state index in [0.29, 0.717) is 12.3 Å². The monoisotopic (exact) mass is 327 g/mol. The normalized spacial score (nSPS) is 24.0. The maximum absolute atomic E-state index is 11.8. The van der Waals surface area contributed by atoms with E-state index in [1.54, 1.807) is 0 Å². The van der Waals surface area contributed by atoms with E-state index in [9.17, 15) is 14.7 Å². The number of thioether (sulfide) groups is 1. The molecule has 0 radical (unpaired) electrons. The summed E-state index contributed by atoms with van der Waals surface area (Å²) in [6, 6.07) is 5.07. The van der Waals surface area contributed by atoms with Crippen LogP contribution >= 0.6 is 11.8 Å². The van der Waals surface area contributed by atoms with Crippen LogP contribution in [-0.4, -0.2) is 39.1 Å². The summed E-state index contributed by atoms with van der Waals surface area (Å²) in [4.78, 5) is 24.6. The van der Waals surface area contributed by atoms with Crippen LogP contribution in [0.1, 0.15) is 0 Å². The summed E-state index contributed by atoms with van der Waals surface area (Å²) in [5.41, 5.74) is 6.53. The molecule has 0 aliphatic carbocycles. The molecule has 3 rings (SSSR count). The number of carbonyl (C=O) groups excluding carboxylic acids is 1. The lowest BCUT2D eigenvalue weighted by atomic mass is 10.0. The van der Waals surface area contributed by atoms with Crippen molar-refractivity contribution < 1.29 is 31.7 Å². The molecule has 1 unspecified atom stereocenters. The first kappa shape index (κ1) is 15.8. The van der Waals surface area contributed by atoms with Crippen LogP contribution in [0.5, 0.6) is 0 Å². The predicted molar refractivity (Wildman–Crippen MR) is 72.4 cm³/mol. The number of carbonyl (C=O) groups is 2. The van der Waals surface area contributed by atoms with Gasteiger partial charge in [-0.05, 0) is 0 Å². The van der Waals surface area contributed by atoms with Gasteiger partial charge in [0.25, 0.3) is 0 Å². The number of carboxylic acid groups (broad SMARTS) is 1. The second-order valence-corrected chi connectivity index (χ2v) is 5.85. The van der Waals surface area contributed by atoms with E-state index in [4.69, 9.17) is 5.73 Å². The molecule has 0 spiro atoms. The van der Waals surface area contributed by atoms with Gasteiger partial charge in [-0.2, -0.15) is 0 Å². The van der Waals surface area contributed by atoms with E-state index in [-0.39, 0.29) is 29.4 Å². The van der Waals surface area contributed by atoms with Crippen LogP contribution < -0.4 is 22.7 Å². The van der Waals surface area contributed by atoms with Gasteiger partial charge in [-0.15, -0.1) is 11.8 Å². The summed E-state index contributed by atoms with van der Waals surface area (Å²) < 4.78 is 1.89. The third-order valence-corrected chi connectivity index (χ3v) is 4.80. The van der Waals surface area contributed by atoms with Crippen molar-refractivity contribution in [2.75, 3.05) is 5.75 Å². The number of aromatic nitrogens is 1. The highest BCUT2D eigenvalue weighted by molar-refractivity contribution is 8.00. The topological polar surface area (TPSA) is 87.5 Å². The van der Waals surface area contributed by atoms with E-state index in [1.165, 1.54) is 16.7 Å². The molecule has 0 aromatic carbocycles. The van der Waals surface area contributed by atoms with Crippen LogP contribution in [0.4, 0.5) is 0 Å². The molecule has 1 fully saturated rings. The van der Waals surface area contributed by atoms with E-state index in [1.807, 2.05) is 35.2 Å². The number of rotatable bonds is 3. The molecule has 8 heteroatoms. The standard InChI is InChI=1S/C13H13N3O3S.ClH/c14-9-11(17)16-10(13(18)19)8(7-20-12(9)16)6-15-4-2-1-3-5-15;/h1-5,9,12H,6-7,14H2;1H/t9?,12-;/m1./s1. The first-order chi connectivity index (χ1) is 9.59. The number of pyridine rings is 1. The van der Waals surface area contributed by atoms with Crippen LogP contribution in [0.2, 0.25) is 0 Å². The fourth-order valence-corrected chi connectivity index (χ4v) is 3.74. The number of hydrogen-bond acceptors (Lipinski definition) is 4. The van der Waals surface area contributed by atoms with Crippen molar-refractivity contribution in [2.45, 2.75) is 18.0 Å². The fourth-order valence-electron chi connectivity index (χ4n) is 2.46. The van der Waals surface area contributed by atoms with Crippen LogP contribution in [0, 0.1) is 0 Å². The summed E-state index contributed by atoms with van der Waals surface area (Å²) in [7, 11) is 0. The van der Waals surface area contributed by atoms with Crippen LogP contribution in [0.3, 0.4) is 0 Å². The zero-order valence-corrected chi connectivity index (χ0v) is 12.5. The van der Waals surface area contributed by atoms with Gasteiger partial charge in [0.1, 0.15) is 17.1 Å². The molecular weight excluding hydrogens is 314 g/mol. The van der Waals surface area contributed by atoms with Crippen molar-refractivity contribution in [1.29, 1.82) is 0 Å². The van der Waals surface area contributed by atoms with Crippen LogP contribution in [0.15, 0.2) is 41.9 Å². The molecule has 3 N–H and O–H groups in total. The lowest BCUT2D eigenvalue weighted by molar-refractivity contribution is -0.689. The van der Waals surface area contributed by atoms with E-state index in [0.717, 1.165) is 5.57 Å². The molecule has 1 saturated heterocycles. The lowest BCUT2D eigenvalue weighted by Crippen LogP contribution is -3.00. The smallest absolute Gasteiger partial charge is 0.352 e. The summed E-state index contributed by atoms with van der Waals surface area (Å²) in [5.74, 6) is -0.802. The largest absolute Gasteiger partial charge is 1.00 e. The first-order valence-electron chi connectivity index (χ1n) is 6.19. The number of nitrogens with two attached hydrogens (primary N) is 1. The zero-order chi connectivity index (χ0) is 14.3. The summed E-state index contributed by atoms with van der Waals surface area (Å²) in [6.45, 7) is 0.460. The average molecular weight is 328 g/mol. The van der Waals surface area contributed by atoms with Crippen LogP contribution in [-0.2, 0) is 16.1 Å². The molecule has 21 heavy (non-hydrogen) atoms. The van der Waals surface area contributed by atoms with E-state index < -0.39 is 12.0 Å². The van der Waals surface area contributed by atoms with E-state index in [2.05, 4.69) is 0 Å². The van der Waals surface area contributed by atoms with Gasteiger partial charge in [-0.3, -0.25) is 9.69 Å². The predicted octanol–water partition coefficient (Wildman–Crippen LogP) is -3.44. The molecule has 112 valence electrons. The van der Waals surface area contributed by atoms with Crippen molar-refractivity contribution >= 4 is 23.6 Å². The van der Waals surface area contributed by atoms with Gasteiger partial charge in [0.15, 0.2) is 18.9 Å². The van der Waals surface area contributed by atoms with E-state index >= 15 is 0 Å². The van der Waals surface area contributed by atoms with Crippen molar-refractivity contribution in [2.24, 2.45) is 5.73 Å². The number of hydrogen-bond donors (Lipinski definition) is 2. The van der Waals surface area contributed by atoms with Gasteiger partial charge in [-0.25, -0.2) is 9.36 Å². The molecule has 1 aromatic heterocycles. The van der Waals surface area contributed by atoms with Crippen molar-refractivity contribution in [3.8, 4) is 0 Å². The molecule has 0 bridgehead atoms. The minimum atomic E-state index is -1.07. The lowest BCUT2D eigenvalue weighted by Gasteiger charge is -2.47. The van der Waals surface area contributed by atoms with Gasteiger partial charge in [0.2, 0.25) is 5.91 Å². The highest BCUT2D eigenvalue weighted by Gasteiger charge is 2.52. The highest BCUT2D eigenvalue weighted by Crippen LogP contribution is 2.39. The van der Waals surface area contributed by atoms with Crippen molar-refractivity contribution in [3.05, 3.63) is 41.9 Å². The Morgan fingerprint density at radius 1 is 1.43 bits per heavy atom. The molecular formula is C13H14ClN3O3S. The minimum absolute atomic E-state index is 0. The molecule has 1 amide bonds. The molecule has 2 aliphatic heterocycles. The number of fused-ring (bicyclic) bond motifs is 1. The van der Waals surface area contributed by atoms with Crippen molar-refractivity contribution in [1.82, 2.24) is 4.90 Å². The number of aliphatic carboxylic acids is 1.